The van der Waals surface area contributed by atoms with Gasteiger partial charge in [-0.3, -0.25) is 4.79 Å². The maximum absolute atomic E-state index is 12.1. The van der Waals surface area contributed by atoms with E-state index in [-0.39, 0.29) is 29.5 Å². The number of hydrogen-bond donors (Lipinski definition) is 2. The molecule has 1 atom stereocenters. The molecule has 9 heteroatoms. The van der Waals surface area contributed by atoms with Gasteiger partial charge in [0.25, 0.3) is 5.91 Å². The number of hydrogen-bond acceptors (Lipinski definition) is 6. The van der Waals surface area contributed by atoms with E-state index in [1.54, 1.807) is 0 Å². The Balaban J connectivity index is 1.87. The molecule has 2 aromatic rings. The summed E-state index contributed by atoms with van der Waals surface area (Å²) in [6, 6.07) is 16.1. The Kier molecular flexibility index (Phi) is 7.88. The van der Waals surface area contributed by atoms with Crippen molar-refractivity contribution < 1.29 is 22.7 Å². The molecule has 0 saturated carbocycles. The zero-order chi connectivity index (χ0) is 21.3. The van der Waals surface area contributed by atoms with Crippen molar-refractivity contribution in [1.29, 1.82) is 5.26 Å². The molecule has 1 amide bonds. The fraction of sp³-hybridized carbons (Fsp3) is 0.250. The monoisotopic (exact) mass is 415 g/mol. The SMILES string of the molecule is C[C@@H](NC(=O)COC(=O)c1ccc(S(=O)(=O)NCCC#N)cc1)c1ccccc1. The van der Waals surface area contributed by atoms with Crippen LogP contribution in [0.1, 0.15) is 35.3 Å². The van der Waals surface area contributed by atoms with E-state index >= 15 is 0 Å². The minimum Gasteiger partial charge on any atom is -0.452 e. The molecule has 0 heterocycles. The van der Waals surface area contributed by atoms with Gasteiger partial charge in [0.1, 0.15) is 0 Å². The Hall–Kier alpha value is -3.22. The first-order valence-corrected chi connectivity index (χ1v) is 10.3. The molecule has 0 bridgehead atoms. The van der Waals surface area contributed by atoms with Crippen LogP contribution in [-0.4, -0.2) is 33.4 Å². The number of nitrogens with zero attached hydrogens (tertiary/aromatic N) is 1. The quantitative estimate of drug-likeness (QED) is 0.476. The predicted octanol–water partition coefficient (Wildman–Crippen LogP) is 1.91. The summed E-state index contributed by atoms with van der Waals surface area (Å²) < 4.78 is 31.3. The minimum atomic E-state index is -3.76. The van der Waals surface area contributed by atoms with Crippen molar-refractivity contribution in [3.05, 3.63) is 65.7 Å². The van der Waals surface area contributed by atoms with Crippen LogP contribution < -0.4 is 10.0 Å². The molecule has 0 fully saturated rings. The summed E-state index contributed by atoms with van der Waals surface area (Å²) in [5.41, 5.74) is 1.04. The van der Waals surface area contributed by atoms with Crippen LogP contribution in [0.15, 0.2) is 59.5 Å². The third kappa shape index (κ3) is 6.71. The fourth-order valence-corrected chi connectivity index (χ4v) is 3.45. The van der Waals surface area contributed by atoms with Crippen LogP contribution in [0.3, 0.4) is 0 Å². The molecule has 2 N–H and O–H groups in total. The molecule has 0 unspecified atom stereocenters. The highest BCUT2D eigenvalue weighted by Gasteiger charge is 2.16. The number of carbonyl (C=O) groups is 2. The van der Waals surface area contributed by atoms with Crippen LogP contribution in [-0.2, 0) is 19.6 Å². The maximum atomic E-state index is 12.1. The molecule has 2 rings (SSSR count). The van der Waals surface area contributed by atoms with Gasteiger partial charge in [0, 0.05) is 13.0 Å². The topological polar surface area (TPSA) is 125 Å². The molecule has 152 valence electrons. The summed E-state index contributed by atoms with van der Waals surface area (Å²) >= 11 is 0. The van der Waals surface area contributed by atoms with Crippen molar-refractivity contribution in [3.8, 4) is 6.07 Å². The van der Waals surface area contributed by atoms with Crippen molar-refractivity contribution in [3.63, 3.8) is 0 Å². The summed E-state index contributed by atoms with van der Waals surface area (Å²) in [6.07, 6.45) is 0.0502. The van der Waals surface area contributed by atoms with E-state index in [0.29, 0.717) is 0 Å². The van der Waals surface area contributed by atoms with Crippen LogP contribution in [0.4, 0.5) is 0 Å². The third-order valence-electron chi connectivity index (χ3n) is 3.94. The molecule has 0 aromatic heterocycles. The standard InChI is InChI=1S/C20H21N3O5S/c1-15(16-6-3-2-4-7-16)23-19(24)14-28-20(25)17-8-10-18(11-9-17)29(26,27)22-13-5-12-21/h2-4,6-11,15,22H,5,13-14H2,1H3,(H,23,24)/t15-/m1/s1. The Labute approximate surface area is 169 Å². The van der Waals surface area contributed by atoms with Gasteiger partial charge < -0.3 is 10.1 Å². The number of nitrogens with one attached hydrogen (secondary N) is 2. The number of sulfonamides is 1. The lowest BCUT2D eigenvalue weighted by molar-refractivity contribution is -0.124. The van der Waals surface area contributed by atoms with Gasteiger partial charge in [-0.25, -0.2) is 17.9 Å². The van der Waals surface area contributed by atoms with Crippen molar-refractivity contribution >= 4 is 21.9 Å². The second-order valence-corrected chi connectivity index (χ2v) is 7.87. The minimum absolute atomic E-state index is 0.000851. The molecule has 29 heavy (non-hydrogen) atoms. The van der Waals surface area contributed by atoms with Crippen molar-refractivity contribution in [2.45, 2.75) is 24.3 Å². The number of nitriles is 1. The molecule has 8 nitrogen and oxygen atoms in total. The van der Waals surface area contributed by atoms with Crippen LogP contribution in [0.25, 0.3) is 0 Å². The highest BCUT2D eigenvalue weighted by Crippen LogP contribution is 2.12. The van der Waals surface area contributed by atoms with Crippen molar-refractivity contribution in [1.82, 2.24) is 10.0 Å². The van der Waals surface area contributed by atoms with E-state index in [1.807, 2.05) is 43.3 Å². The molecule has 0 spiro atoms. The maximum Gasteiger partial charge on any atom is 0.338 e. The molecule has 0 saturated heterocycles. The fourth-order valence-electron chi connectivity index (χ4n) is 2.42. The van der Waals surface area contributed by atoms with E-state index in [1.165, 1.54) is 24.3 Å². The van der Waals surface area contributed by atoms with Crippen LogP contribution >= 0.6 is 0 Å². The Morgan fingerprint density at radius 1 is 1.10 bits per heavy atom. The normalized spacial score (nSPS) is 11.9. The molecular formula is C20H21N3O5S. The highest BCUT2D eigenvalue weighted by atomic mass is 32.2. The number of benzene rings is 2. The Bertz CT molecular complexity index is 983. The summed E-state index contributed by atoms with van der Waals surface area (Å²) in [5.74, 6) is -1.19. The van der Waals surface area contributed by atoms with Crippen LogP contribution in [0, 0.1) is 11.3 Å². The van der Waals surface area contributed by atoms with Gasteiger partial charge in [-0.1, -0.05) is 30.3 Å². The first-order chi connectivity index (χ1) is 13.8. The zero-order valence-electron chi connectivity index (χ0n) is 15.8. The van der Waals surface area contributed by atoms with E-state index in [4.69, 9.17) is 10.00 Å². The third-order valence-corrected chi connectivity index (χ3v) is 5.42. The molecule has 0 aliphatic carbocycles. The van der Waals surface area contributed by atoms with E-state index < -0.39 is 28.5 Å². The van der Waals surface area contributed by atoms with Gasteiger partial charge in [0.15, 0.2) is 6.61 Å². The van der Waals surface area contributed by atoms with Gasteiger partial charge in [-0.15, -0.1) is 0 Å². The van der Waals surface area contributed by atoms with Gasteiger partial charge >= 0.3 is 5.97 Å². The Morgan fingerprint density at radius 2 is 1.76 bits per heavy atom. The van der Waals surface area contributed by atoms with Gasteiger partial charge in [-0.2, -0.15) is 5.26 Å². The number of rotatable bonds is 9. The predicted molar refractivity (Wildman–Crippen MR) is 105 cm³/mol. The molecule has 0 aliphatic rings. The summed E-state index contributed by atoms with van der Waals surface area (Å²) in [4.78, 5) is 24.0. The lowest BCUT2D eigenvalue weighted by Crippen LogP contribution is -2.31. The lowest BCUT2D eigenvalue weighted by Gasteiger charge is -2.14. The highest BCUT2D eigenvalue weighted by molar-refractivity contribution is 7.89. The van der Waals surface area contributed by atoms with Gasteiger partial charge in [0.05, 0.1) is 22.6 Å². The second-order valence-electron chi connectivity index (χ2n) is 6.11. The lowest BCUT2D eigenvalue weighted by atomic mass is 10.1. The summed E-state index contributed by atoms with van der Waals surface area (Å²) in [5, 5.41) is 11.2. The average molecular weight is 415 g/mol. The molecular weight excluding hydrogens is 394 g/mol. The summed E-state index contributed by atoms with van der Waals surface area (Å²) in [6.45, 7) is 1.36. The number of carbonyl (C=O) groups excluding carboxylic acids is 2. The molecule has 2 aromatic carbocycles. The second kappa shape index (κ2) is 10.4. The van der Waals surface area contributed by atoms with Crippen molar-refractivity contribution in [2.24, 2.45) is 0 Å². The van der Waals surface area contributed by atoms with Crippen molar-refractivity contribution in [2.75, 3.05) is 13.2 Å². The number of esters is 1. The number of ether oxygens (including phenoxy) is 1. The summed E-state index contributed by atoms with van der Waals surface area (Å²) in [7, 11) is -3.76. The molecule has 0 radical (unpaired) electrons. The first kappa shape index (κ1) is 22.1. The largest absolute Gasteiger partial charge is 0.452 e. The van der Waals surface area contributed by atoms with E-state index in [9.17, 15) is 18.0 Å². The van der Waals surface area contributed by atoms with E-state index in [2.05, 4.69) is 10.0 Å². The molecule has 0 aliphatic heterocycles. The van der Waals surface area contributed by atoms with Gasteiger partial charge in [0.2, 0.25) is 10.0 Å². The van der Waals surface area contributed by atoms with Gasteiger partial charge in [-0.05, 0) is 36.8 Å². The van der Waals surface area contributed by atoms with Crippen LogP contribution in [0.5, 0.6) is 0 Å². The van der Waals surface area contributed by atoms with Crippen LogP contribution in [0.2, 0.25) is 0 Å². The smallest absolute Gasteiger partial charge is 0.338 e. The zero-order valence-corrected chi connectivity index (χ0v) is 16.6. The van der Waals surface area contributed by atoms with E-state index in [0.717, 1.165) is 5.56 Å². The number of amides is 1. The Morgan fingerprint density at radius 3 is 2.38 bits per heavy atom. The first-order valence-electron chi connectivity index (χ1n) is 8.81. The average Bonchev–Trinajstić information content (AvgIpc) is 2.73.